The van der Waals surface area contributed by atoms with Crippen LogP contribution in [0.5, 0.6) is 0 Å². The van der Waals surface area contributed by atoms with Crippen LogP contribution < -0.4 is 4.72 Å². The molecule has 1 aromatic carbocycles. The molecule has 2 atom stereocenters. The van der Waals surface area contributed by atoms with E-state index >= 15 is 0 Å². The molecular formula is C13H19NO3S. The summed E-state index contributed by atoms with van der Waals surface area (Å²) in [7, 11) is -3.45. The Labute approximate surface area is 108 Å². The number of benzene rings is 1. The Kier molecular flexibility index (Phi) is 3.75. The molecule has 1 aliphatic rings. The SMILES string of the molecule is CCC1CC1NS(=O)(=O)c1ccc(C)c(CO)c1. The normalized spacial score (nSPS) is 23.1. The van der Waals surface area contributed by atoms with Crippen LogP contribution in [0.4, 0.5) is 0 Å². The topological polar surface area (TPSA) is 66.4 Å². The molecule has 18 heavy (non-hydrogen) atoms. The molecule has 0 amide bonds. The second kappa shape index (κ2) is 4.99. The zero-order valence-corrected chi connectivity index (χ0v) is 11.5. The predicted molar refractivity (Wildman–Crippen MR) is 69.6 cm³/mol. The number of aryl methyl sites for hydroxylation is 1. The minimum absolute atomic E-state index is 0.0823. The van der Waals surface area contributed by atoms with Gasteiger partial charge in [-0.3, -0.25) is 0 Å². The molecule has 1 fully saturated rings. The molecule has 0 saturated heterocycles. The summed E-state index contributed by atoms with van der Waals surface area (Å²) in [6.07, 6.45) is 1.93. The van der Waals surface area contributed by atoms with E-state index in [4.69, 9.17) is 5.11 Å². The summed E-state index contributed by atoms with van der Waals surface area (Å²) in [5, 5.41) is 9.17. The van der Waals surface area contributed by atoms with Gasteiger partial charge in [0.2, 0.25) is 10.0 Å². The van der Waals surface area contributed by atoms with Gasteiger partial charge < -0.3 is 5.11 Å². The van der Waals surface area contributed by atoms with Gasteiger partial charge in [-0.25, -0.2) is 13.1 Å². The molecule has 1 saturated carbocycles. The number of rotatable bonds is 5. The van der Waals surface area contributed by atoms with E-state index < -0.39 is 10.0 Å². The first-order chi connectivity index (χ1) is 8.47. The highest BCUT2D eigenvalue weighted by Crippen LogP contribution is 2.34. The first-order valence-corrected chi connectivity index (χ1v) is 7.69. The van der Waals surface area contributed by atoms with Crippen LogP contribution in [0.25, 0.3) is 0 Å². The second-order valence-corrected chi connectivity index (χ2v) is 6.59. The molecule has 0 spiro atoms. The van der Waals surface area contributed by atoms with Gasteiger partial charge in [-0.15, -0.1) is 0 Å². The first kappa shape index (κ1) is 13.5. The minimum Gasteiger partial charge on any atom is -0.392 e. The van der Waals surface area contributed by atoms with Gasteiger partial charge in [-0.05, 0) is 42.5 Å². The van der Waals surface area contributed by atoms with E-state index in [1.807, 2.05) is 6.92 Å². The lowest BCUT2D eigenvalue weighted by molar-refractivity contribution is 0.280. The lowest BCUT2D eigenvalue weighted by Gasteiger charge is -2.09. The van der Waals surface area contributed by atoms with Crippen molar-refractivity contribution in [2.24, 2.45) is 5.92 Å². The second-order valence-electron chi connectivity index (χ2n) is 4.88. The molecule has 2 N–H and O–H groups in total. The highest BCUT2D eigenvalue weighted by atomic mass is 32.2. The van der Waals surface area contributed by atoms with E-state index in [1.54, 1.807) is 18.2 Å². The van der Waals surface area contributed by atoms with E-state index in [9.17, 15) is 8.42 Å². The molecule has 100 valence electrons. The van der Waals surface area contributed by atoms with Crippen molar-refractivity contribution in [3.05, 3.63) is 29.3 Å². The fourth-order valence-corrected chi connectivity index (χ4v) is 3.46. The summed E-state index contributed by atoms with van der Waals surface area (Å²) in [4.78, 5) is 0.235. The van der Waals surface area contributed by atoms with Crippen molar-refractivity contribution in [1.29, 1.82) is 0 Å². The van der Waals surface area contributed by atoms with Crippen LogP contribution in [0.2, 0.25) is 0 Å². The quantitative estimate of drug-likeness (QED) is 0.852. The Morgan fingerprint density at radius 1 is 1.44 bits per heavy atom. The number of hydrogen-bond acceptors (Lipinski definition) is 3. The predicted octanol–water partition coefficient (Wildman–Crippen LogP) is 1.56. The van der Waals surface area contributed by atoms with E-state index in [-0.39, 0.29) is 17.5 Å². The average molecular weight is 269 g/mol. The Morgan fingerprint density at radius 2 is 2.17 bits per heavy atom. The van der Waals surface area contributed by atoms with Crippen LogP contribution in [0.3, 0.4) is 0 Å². The Balaban J connectivity index is 2.19. The third kappa shape index (κ3) is 2.74. The van der Waals surface area contributed by atoms with Gasteiger partial charge in [0.1, 0.15) is 0 Å². The zero-order chi connectivity index (χ0) is 13.3. The standard InChI is InChI=1S/C13H19NO3S/c1-3-10-7-13(10)14-18(16,17)12-5-4-9(2)11(6-12)8-15/h4-6,10,13-15H,3,7-8H2,1-2H3. The van der Waals surface area contributed by atoms with Gasteiger partial charge in [0.25, 0.3) is 0 Å². The maximum Gasteiger partial charge on any atom is 0.240 e. The number of hydrogen-bond donors (Lipinski definition) is 2. The zero-order valence-electron chi connectivity index (χ0n) is 10.7. The highest BCUT2D eigenvalue weighted by Gasteiger charge is 2.38. The van der Waals surface area contributed by atoms with Crippen LogP contribution in [-0.4, -0.2) is 19.6 Å². The van der Waals surface area contributed by atoms with Crippen molar-refractivity contribution in [1.82, 2.24) is 4.72 Å². The van der Waals surface area contributed by atoms with Gasteiger partial charge in [0.15, 0.2) is 0 Å². The highest BCUT2D eigenvalue weighted by molar-refractivity contribution is 7.89. The largest absolute Gasteiger partial charge is 0.392 e. The smallest absolute Gasteiger partial charge is 0.240 e. The van der Waals surface area contributed by atoms with Crippen LogP contribution in [0.1, 0.15) is 30.9 Å². The Bertz CT molecular complexity index is 539. The lowest BCUT2D eigenvalue weighted by Crippen LogP contribution is -2.27. The number of nitrogens with one attached hydrogen (secondary N) is 1. The van der Waals surface area contributed by atoms with Gasteiger partial charge in [-0.2, -0.15) is 0 Å². The number of aliphatic hydroxyl groups excluding tert-OH is 1. The maximum absolute atomic E-state index is 12.1. The summed E-state index contributed by atoms with van der Waals surface area (Å²) in [5.74, 6) is 0.475. The molecular weight excluding hydrogens is 250 g/mol. The van der Waals surface area contributed by atoms with Crippen LogP contribution in [0.15, 0.2) is 23.1 Å². The molecule has 2 unspecified atom stereocenters. The van der Waals surface area contributed by atoms with Crippen molar-refractivity contribution in [3.8, 4) is 0 Å². The molecule has 0 bridgehead atoms. The van der Waals surface area contributed by atoms with Crippen LogP contribution in [-0.2, 0) is 16.6 Å². The third-order valence-electron chi connectivity index (χ3n) is 3.55. The van der Waals surface area contributed by atoms with Crippen molar-refractivity contribution >= 4 is 10.0 Å². The van der Waals surface area contributed by atoms with E-state index in [2.05, 4.69) is 11.6 Å². The maximum atomic E-state index is 12.1. The molecule has 0 heterocycles. The molecule has 1 aliphatic carbocycles. The molecule has 0 aromatic heterocycles. The van der Waals surface area contributed by atoms with Gasteiger partial charge >= 0.3 is 0 Å². The Hall–Kier alpha value is -0.910. The molecule has 0 radical (unpaired) electrons. The number of aliphatic hydroxyl groups is 1. The fourth-order valence-electron chi connectivity index (χ4n) is 2.10. The van der Waals surface area contributed by atoms with Gasteiger partial charge in [0, 0.05) is 6.04 Å². The first-order valence-electron chi connectivity index (χ1n) is 6.20. The van der Waals surface area contributed by atoms with Crippen molar-refractivity contribution in [3.63, 3.8) is 0 Å². The average Bonchev–Trinajstić information content (AvgIpc) is 3.07. The third-order valence-corrected chi connectivity index (χ3v) is 5.04. The minimum atomic E-state index is -3.45. The van der Waals surface area contributed by atoms with E-state index in [1.165, 1.54) is 0 Å². The summed E-state index contributed by atoms with van der Waals surface area (Å²) in [6, 6.07) is 4.93. The number of sulfonamides is 1. The lowest BCUT2D eigenvalue weighted by atomic mass is 10.1. The molecule has 2 rings (SSSR count). The molecule has 4 nitrogen and oxygen atoms in total. The van der Waals surface area contributed by atoms with Crippen LogP contribution in [0, 0.1) is 12.8 Å². The molecule has 5 heteroatoms. The summed E-state index contributed by atoms with van der Waals surface area (Å²) in [5.41, 5.74) is 1.55. The van der Waals surface area contributed by atoms with Crippen molar-refractivity contribution in [2.45, 2.75) is 44.2 Å². The summed E-state index contributed by atoms with van der Waals surface area (Å²) < 4.78 is 27.0. The van der Waals surface area contributed by atoms with E-state index in [0.29, 0.717) is 11.5 Å². The molecule has 1 aromatic rings. The fraction of sp³-hybridized carbons (Fsp3) is 0.538. The van der Waals surface area contributed by atoms with Gasteiger partial charge in [0.05, 0.1) is 11.5 Å². The monoisotopic (exact) mass is 269 g/mol. The summed E-state index contributed by atoms with van der Waals surface area (Å²) in [6.45, 7) is 3.77. The van der Waals surface area contributed by atoms with Crippen LogP contribution >= 0.6 is 0 Å². The molecule has 0 aliphatic heterocycles. The Morgan fingerprint density at radius 3 is 2.72 bits per heavy atom. The van der Waals surface area contributed by atoms with Crippen molar-refractivity contribution < 1.29 is 13.5 Å². The van der Waals surface area contributed by atoms with Gasteiger partial charge in [-0.1, -0.05) is 19.4 Å². The van der Waals surface area contributed by atoms with E-state index in [0.717, 1.165) is 18.4 Å². The van der Waals surface area contributed by atoms with Crippen molar-refractivity contribution in [2.75, 3.05) is 0 Å². The summed E-state index contributed by atoms with van der Waals surface area (Å²) >= 11 is 0.